The third kappa shape index (κ3) is 2.01. The topological polar surface area (TPSA) is 59.8 Å². The van der Waals surface area contributed by atoms with Crippen LogP contribution in [0.3, 0.4) is 0 Å². The number of furan rings is 1. The Morgan fingerprint density at radius 1 is 1.45 bits per heavy atom. The van der Waals surface area contributed by atoms with Crippen molar-refractivity contribution in [3.63, 3.8) is 0 Å². The first kappa shape index (κ1) is 13.2. The molecule has 1 aliphatic carbocycles. The Morgan fingerprint density at radius 3 is 2.80 bits per heavy atom. The molecule has 0 saturated heterocycles. The SMILES string of the molecule is CCOC(=O)CN1CC2(CC2)c2oc(CC)cc2C1=O. The molecule has 1 saturated carbocycles. The predicted molar refractivity (Wildman–Crippen MR) is 71.5 cm³/mol. The van der Waals surface area contributed by atoms with E-state index in [1.165, 1.54) is 0 Å². The van der Waals surface area contributed by atoms with E-state index in [2.05, 4.69) is 0 Å². The summed E-state index contributed by atoms with van der Waals surface area (Å²) in [7, 11) is 0. The van der Waals surface area contributed by atoms with Gasteiger partial charge in [-0.2, -0.15) is 0 Å². The molecule has 1 aromatic rings. The molecule has 108 valence electrons. The summed E-state index contributed by atoms with van der Waals surface area (Å²) in [5, 5.41) is 0. The number of amides is 1. The molecular weight excluding hydrogens is 258 g/mol. The number of hydrogen-bond acceptors (Lipinski definition) is 4. The van der Waals surface area contributed by atoms with E-state index in [1.54, 1.807) is 11.8 Å². The number of aryl methyl sites for hydroxylation is 1. The molecule has 0 N–H and O–H groups in total. The average Bonchev–Trinajstić information content (AvgIpc) is 3.04. The third-order valence-electron chi connectivity index (χ3n) is 4.10. The average molecular weight is 277 g/mol. The Kier molecular flexibility index (Phi) is 3.07. The number of hydrogen-bond donors (Lipinski definition) is 0. The smallest absolute Gasteiger partial charge is 0.325 e. The molecule has 5 nitrogen and oxygen atoms in total. The molecule has 5 heteroatoms. The van der Waals surface area contributed by atoms with Gasteiger partial charge in [0.05, 0.1) is 12.2 Å². The molecule has 0 atom stereocenters. The molecular formula is C15H19NO4. The van der Waals surface area contributed by atoms with Gasteiger partial charge < -0.3 is 14.1 Å². The maximum atomic E-state index is 12.5. The van der Waals surface area contributed by atoms with E-state index >= 15 is 0 Å². The van der Waals surface area contributed by atoms with Crippen LogP contribution in [-0.2, 0) is 21.4 Å². The summed E-state index contributed by atoms with van der Waals surface area (Å²) in [6.07, 6.45) is 2.81. The van der Waals surface area contributed by atoms with Crippen LogP contribution in [0.15, 0.2) is 10.5 Å². The molecule has 2 heterocycles. The maximum absolute atomic E-state index is 12.5. The first-order valence-corrected chi connectivity index (χ1v) is 7.17. The Hall–Kier alpha value is -1.78. The number of ether oxygens (including phenoxy) is 1. The van der Waals surface area contributed by atoms with Crippen LogP contribution in [0.25, 0.3) is 0 Å². The Labute approximate surface area is 117 Å². The van der Waals surface area contributed by atoms with Crippen molar-refractivity contribution in [3.8, 4) is 0 Å². The number of carbonyl (C=O) groups excluding carboxylic acids is 2. The van der Waals surface area contributed by atoms with Gasteiger partial charge >= 0.3 is 5.97 Å². The Bertz CT molecular complexity index is 556. The fourth-order valence-corrected chi connectivity index (χ4v) is 2.87. The van der Waals surface area contributed by atoms with Gasteiger partial charge in [-0.05, 0) is 25.8 Å². The minimum absolute atomic E-state index is 0.0283. The van der Waals surface area contributed by atoms with E-state index in [9.17, 15) is 9.59 Å². The highest BCUT2D eigenvalue weighted by Gasteiger charge is 2.54. The number of fused-ring (bicyclic) bond motifs is 2. The summed E-state index contributed by atoms with van der Waals surface area (Å²) in [6, 6.07) is 1.83. The maximum Gasteiger partial charge on any atom is 0.325 e. The highest BCUT2D eigenvalue weighted by Crippen LogP contribution is 2.53. The molecule has 1 fully saturated rings. The number of esters is 1. The summed E-state index contributed by atoms with van der Waals surface area (Å²) in [5.74, 6) is 1.21. The fraction of sp³-hybridized carbons (Fsp3) is 0.600. The van der Waals surface area contributed by atoms with E-state index < -0.39 is 0 Å². The molecule has 0 radical (unpaired) electrons. The van der Waals surface area contributed by atoms with E-state index in [1.807, 2.05) is 13.0 Å². The Balaban J connectivity index is 1.87. The van der Waals surface area contributed by atoms with Crippen LogP contribution in [0, 0.1) is 0 Å². The van der Waals surface area contributed by atoms with Crippen molar-refractivity contribution in [2.75, 3.05) is 19.7 Å². The lowest BCUT2D eigenvalue weighted by atomic mass is 9.94. The van der Waals surface area contributed by atoms with Gasteiger partial charge in [0.15, 0.2) is 0 Å². The Morgan fingerprint density at radius 2 is 2.20 bits per heavy atom. The number of carbonyl (C=O) groups is 2. The van der Waals surface area contributed by atoms with E-state index in [4.69, 9.17) is 9.15 Å². The molecule has 0 unspecified atom stereocenters. The zero-order valence-corrected chi connectivity index (χ0v) is 11.9. The summed E-state index contributed by atoms with van der Waals surface area (Å²) < 4.78 is 10.8. The summed E-state index contributed by atoms with van der Waals surface area (Å²) >= 11 is 0. The van der Waals surface area contributed by atoms with Crippen molar-refractivity contribution in [1.29, 1.82) is 0 Å². The minimum atomic E-state index is -0.348. The van der Waals surface area contributed by atoms with Crippen molar-refractivity contribution in [2.24, 2.45) is 0 Å². The van der Waals surface area contributed by atoms with Crippen molar-refractivity contribution in [2.45, 2.75) is 38.5 Å². The normalized spacial score (nSPS) is 19.1. The lowest BCUT2D eigenvalue weighted by Gasteiger charge is -2.30. The van der Waals surface area contributed by atoms with Crippen molar-refractivity contribution < 1.29 is 18.7 Å². The predicted octanol–water partition coefficient (Wildman–Crippen LogP) is 1.89. The second kappa shape index (κ2) is 4.65. The molecule has 1 aromatic heterocycles. The van der Waals surface area contributed by atoms with E-state index in [0.717, 1.165) is 30.8 Å². The molecule has 3 rings (SSSR count). The van der Waals surface area contributed by atoms with Crippen LogP contribution in [0.5, 0.6) is 0 Å². The first-order chi connectivity index (χ1) is 9.59. The molecule has 0 bridgehead atoms. The quantitative estimate of drug-likeness (QED) is 0.789. The van der Waals surface area contributed by atoms with Gasteiger partial charge in [0.25, 0.3) is 5.91 Å². The highest BCUT2D eigenvalue weighted by molar-refractivity contribution is 5.98. The third-order valence-corrected chi connectivity index (χ3v) is 4.10. The van der Waals surface area contributed by atoms with Crippen LogP contribution >= 0.6 is 0 Å². The van der Waals surface area contributed by atoms with Crippen LogP contribution in [0.2, 0.25) is 0 Å². The van der Waals surface area contributed by atoms with Gasteiger partial charge in [-0.1, -0.05) is 6.92 Å². The number of nitrogens with zero attached hydrogens (tertiary/aromatic N) is 1. The lowest BCUT2D eigenvalue weighted by Crippen LogP contribution is -2.45. The standard InChI is InChI=1S/C15H19NO4/c1-3-10-7-11-13(20-10)15(5-6-15)9-16(14(11)18)8-12(17)19-4-2/h7H,3-6,8-9H2,1-2H3. The minimum Gasteiger partial charge on any atom is -0.465 e. The van der Waals surface area contributed by atoms with Crippen molar-refractivity contribution in [1.82, 2.24) is 4.90 Å². The molecule has 20 heavy (non-hydrogen) atoms. The molecule has 2 aliphatic rings. The first-order valence-electron chi connectivity index (χ1n) is 7.17. The van der Waals surface area contributed by atoms with Crippen LogP contribution in [-0.4, -0.2) is 36.5 Å². The van der Waals surface area contributed by atoms with Crippen LogP contribution in [0.4, 0.5) is 0 Å². The second-order valence-electron chi connectivity index (χ2n) is 5.56. The van der Waals surface area contributed by atoms with Crippen molar-refractivity contribution in [3.05, 3.63) is 23.2 Å². The van der Waals surface area contributed by atoms with Crippen LogP contribution in [0.1, 0.15) is 48.6 Å². The van der Waals surface area contributed by atoms with Gasteiger partial charge in [-0.25, -0.2) is 0 Å². The molecule has 0 aromatic carbocycles. The van der Waals surface area contributed by atoms with Crippen LogP contribution < -0.4 is 0 Å². The van der Waals surface area contributed by atoms with E-state index in [0.29, 0.717) is 18.7 Å². The monoisotopic (exact) mass is 277 g/mol. The molecule has 1 aliphatic heterocycles. The molecule has 1 amide bonds. The van der Waals surface area contributed by atoms with E-state index in [-0.39, 0.29) is 23.8 Å². The van der Waals surface area contributed by atoms with Gasteiger partial charge in [0.2, 0.25) is 0 Å². The summed E-state index contributed by atoms with van der Waals surface area (Å²) in [5.41, 5.74) is 0.582. The highest BCUT2D eigenvalue weighted by atomic mass is 16.5. The molecule has 1 spiro atoms. The van der Waals surface area contributed by atoms with Gasteiger partial charge in [0.1, 0.15) is 18.1 Å². The largest absolute Gasteiger partial charge is 0.465 e. The fourth-order valence-electron chi connectivity index (χ4n) is 2.87. The van der Waals surface area contributed by atoms with Crippen molar-refractivity contribution >= 4 is 11.9 Å². The van der Waals surface area contributed by atoms with Gasteiger partial charge in [0, 0.05) is 18.4 Å². The number of rotatable bonds is 4. The summed E-state index contributed by atoms with van der Waals surface area (Å²) in [4.78, 5) is 25.7. The zero-order chi connectivity index (χ0) is 14.3. The summed E-state index contributed by atoms with van der Waals surface area (Å²) in [6.45, 7) is 4.70. The lowest BCUT2D eigenvalue weighted by molar-refractivity contribution is -0.144. The second-order valence-corrected chi connectivity index (χ2v) is 5.56. The van der Waals surface area contributed by atoms with Gasteiger partial charge in [-0.3, -0.25) is 9.59 Å². The zero-order valence-electron chi connectivity index (χ0n) is 11.9. The van der Waals surface area contributed by atoms with Gasteiger partial charge in [-0.15, -0.1) is 0 Å².